The Balaban J connectivity index is 2.47. The Labute approximate surface area is 71.9 Å². The summed E-state index contributed by atoms with van der Waals surface area (Å²) in [6, 6.07) is 0. The van der Waals surface area contributed by atoms with Crippen LogP contribution in [0, 0.1) is 11.8 Å². The van der Waals surface area contributed by atoms with Gasteiger partial charge in [0.2, 0.25) is 0 Å². The maximum atomic E-state index is 10.7. The predicted octanol–water partition coefficient (Wildman–Crippen LogP) is 1.92. The average molecular weight is 172 g/mol. The summed E-state index contributed by atoms with van der Waals surface area (Å²) in [7, 11) is 0. The van der Waals surface area contributed by atoms with Crippen molar-refractivity contribution in [1.29, 1.82) is 0 Å². The fourth-order valence-corrected chi connectivity index (χ4v) is 1.54. The van der Waals surface area contributed by atoms with Crippen LogP contribution in [0.5, 0.6) is 0 Å². The van der Waals surface area contributed by atoms with Crippen LogP contribution in [0.4, 0.5) is 0 Å². The highest BCUT2D eigenvalue weighted by atomic mass is 32.1. The summed E-state index contributed by atoms with van der Waals surface area (Å²) in [5.74, 6) is 0.602. The fraction of sp³-hybridized carbons (Fsp3) is 0.750. The Hall–Kier alpha value is -0.440. The molecule has 0 amide bonds. The van der Waals surface area contributed by atoms with Gasteiger partial charge in [-0.1, -0.05) is 13.8 Å². The van der Waals surface area contributed by atoms with E-state index in [0.717, 1.165) is 6.42 Å². The molecular formula is C8H12O2S. The molecule has 0 aromatic heterocycles. The third kappa shape index (κ3) is 2.26. The SMILES string of the molecule is CC(C)CC1CC(=O)OC1=S. The smallest absolute Gasteiger partial charge is 0.312 e. The number of cyclic esters (lactones) is 1. The monoisotopic (exact) mass is 172 g/mol. The molecule has 1 rings (SSSR count). The van der Waals surface area contributed by atoms with Crippen molar-refractivity contribution < 1.29 is 9.53 Å². The maximum absolute atomic E-state index is 10.7. The van der Waals surface area contributed by atoms with Gasteiger partial charge in [-0.25, -0.2) is 0 Å². The molecule has 0 aromatic rings. The third-order valence-electron chi connectivity index (χ3n) is 1.72. The van der Waals surface area contributed by atoms with E-state index in [0.29, 0.717) is 17.4 Å². The number of carbonyl (C=O) groups is 1. The zero-order chi connectivity index (χ0) is 8.43. The van der Waals surface area contributed by atoms with Crippen molar-refractivity contribution in [1.82, 2.24) is 0 Å². The van der Waals surface area contributed by atoms with E-state index in [4.69, 9.17) is 17.0 Å². The summed E-state index contributed by atoms with van der Waals surface area (Å²) in [4.78, 5) is 10.7. The highest BCUT2D eigenvalue weighted by molar-refractivity contribution is 7.80. The van der Waals surface area contributed by atoms with Gasteiger partial charge in [-0.05, 0) is 24.6 Å². The topological polar surface area (TPSA) is 26.3 Å². The van der Waals surface area contributed by atoms with Crippen LogP contribution in [0.1, 0.15) is 26.7 Å². The minimum Gasteiger partial charge on any atom is -0.419 e. The predicted molar refractivity (Wildman–Crippen MR) is 46.3 cm³/mol. The molecule has 1 heterocycles. The van der Waals surface area contributed by atoms with Crippen molar-refractivity contribution in [2.45, 2.75) is 26.7 Å². The van der Waals surface area contributed by atoms with Crippen molar-refractivity contribution in [2.75, 3.05) is 0 Å². The summed E-state index contributed by atoms with van der Waals surface area (Å²) in [6.45, 7) is 4.23. The lowest BCUT2D eigenvalue weighted by atomic mass is 9.96. The first-order valence-corrected chi connectivity index (χ1v) is 4.25. The summed E-state index contributed by atoms with van der Waals surface area (Å²) in [5, 5.41) is 0.490. The fourth-order valence-electron chi connectivity index (χ4n) is 1.27. The lowest BCUT2D eigenvalue weighted by Crippen LogP contribution is -2.08. The van der Waals surface area contributed by atoms with Crippen LogP contribution in [-0.4, -0.2) is 11.0 Å². The van der Waals surface area contributed by atoms with Gasteiger partial charge in [-0.15, -0.1) is 0 Å². The largest absolute Gasteiger partial charge is 0.419 e. The van der Waals surface area contributed by atoms with Crippen LogP contribution in [0.3, 0.4) is 0 Å². The molecule has 0 bridgehead atoms. The van der Waals surface area contributed by atoms with Crippen molar-refractivity contribution in [3.8, 4) is 0 Å². The highest BCUT2D eigenvalue weighted by Gasteiger charge is 2.29. The number of thiocarbonyl (C=S) groups is 1. The number of hydrogen-bond donors (Lipinski definition) is 0. The first kappa shape index (κ1) is 8.65. The van der Waals surface area contributed by atoms with Gasteiger partial charge in [-0.2, -0.15) is 0 Å². The second-order valence-electron chi connectivity index (χ2n) is 3.32. The molecule has 0 aliphatic carbocycles. The van der Waals surface area contributed by atoms with Crippen LogP contribution in [0.15, 0.2) is 0 Å². The number of carbonyl (C=O) groups excluding carboxylic acids is 1. The van der Waals surface area contributed by atoms with Crippen LogP contribution in [0.2, 0.25) is 0 Å². The lowest BCUT2D eigenvalue weighted by Gasteiger charge is -2.08. The van der Waals surface area contributed by atoms with Gasteiger partial charge in [0.05, 0.1) is 6.42 Å². The minimum atomic E-state index is -0.166. The molecular weight excluding hydrogens is 160 g/mol. The van der Waals surface area contributed by atoms with Crippen molar-refractivity contribution in [3.63, 3.8) is 0 Å². The van der Waals surface area contributed by atoms with E-state index in [2.05, 4.69) is 13.8 Å². The molecule has 2 nitrogen and oxygen atoms in total. The van der Waals surface area contributed by atoms with Crippen LogP contribution in [0.25, 0.3) is 0 Å². The third-order valence-corrected chi connectivity index (χ3v) is 2.13. The van der Waals surface area contributed by atoms with Crippen molar-refractivity contribution in [2.24, 2.45) is 11.8 Å². The molecule has 0 aromatic carbocycles. The van der Waals surface area contributed by atoms with Gasteiger partial charge in [0.25, 0.3) is 0 Å². The summed E-state index contributed by atoms with van der Waals surface area (Å²) in [5.41, 5.74) is 0. The number of ether oxygens (including phenoxy) is 1. The standard InChI is InChI=1S/C8H12O2S/c1-5(2)3-6-4-7(9)10-8(6)11/h5-6H,3-4H2,1-2H3. The maximum Gasteiger partial charge on any atom is 0.312 e. The zero-order valence-electron chi connectivity index (χ0n) is 6.79. The molecule has 1 aliphatic rings. The van der Waals surface area contributed by atoms with E-state index in [1.54, 1.807) is 0 Å². The zero-order valence-corrected chi connectivity index (χ0v) is 7.61. The van der Waals surface area contributed by atoms with Crippen molar-refractivity contribution >= 4 is 23.2 Å². The van der Waals surface area contributed by atoms with Gasteiger partial charge in [0, 0.05) is 5.92 Å². The molecule has 1 fully saturated rings. The molecule has 0 spiro atoms. The van der Waals surface area contributed by atoms with E-state index in [9.17, 15) is 4.79 Å². The van der Waals surface area contributed by atoms with Crippen LogP contribution in [-0.2, 0) is 9.53 Å². The van der Waals surface area contributed by atoms with Gasteiger partial charge in [0.15, 0.2) is 5.05 Å². The molecule has 62 valence electrons. The Bertz CT molecular complexity index is 187. The van der Waals surface area contributed by atoms with E-state index in [1.165, 1.54) is 0 Å². The summed E-state index contributed by atoms with van der Waals surface area (Å²) >= 11 is 4.89. The van der Waals surface area contributed by atoms with Gasteiger partial charge in [-0.3, -0.25) is 4.79 Å². The van der Waals surface area contributed by atoms with Crippen LogP contribution >= 0.6 is 12.2 Å². The van der Waals surface area contributed by atoms with E-state index in [-0.39, 0.29) is 11.9 Å². The first-order chi connectivity index (χ1) is 5.09. The molecule has 0 radical (unpaired) electrons. The number of rotatable bonds is 2. The second kappa shape index (κ2) is 3.30. The molecule has 0 N–H and O–H groups in total. The van der Waals surface area contributed by atoms with Gasteiger partial charge < -0.3 is 4.74 Å². The molecule has 1 atom stereocenters. The Morgan fingerprint density at radius 2 is 2.36 bits per heavy atom. The van der Waals surface area contributed by atoms with Crippen molar-refractivity contribution in [3.05, 3.63) is 0 Å². The number of esters is 1. The molecule has 3 heteroatoms. The Kier molecular flexibility index (Phi) is 2.60. The van der Waals surface area contributed by atoms with Crippen LogP contribution < -0.4 is 0 Å². The highest BCUT2D eigenvalue weighted by Crippen LogP contribution is 2.24. The molecule has 1 aliphatic heterocycles. The van der Waals surface area contributed by atoms with E-state index >= 15 is 0 Å². The molecule has 1 unspecified atom stereocenters. The normalized spacial score (nSPS) is 24.5. The van der Waals surface area contributed by atoms with Gasteiger partial charge >= 0.3 is 5.97 Å². The Morgan fingerprint density at radius 1 is 1.73 bits per heavy atom. The lowest BCUT2D eigenvalue weighted by molar-refractivity contribution is -0.133. The summed E-state index contributed by atoms with van der Waals surface area (Å²) < 4.78 is 4.77. The quantitative estimate of drug-likeness (QED) is 0.470. The molecule has 11 heavy (non-hydrogen) atoms. The number of hydrogen-bond acceptors (Lipinski definition) is 3. The molecule has 1 saturated heterocycles. The second-order valence-corrected chi connectivity index (χ2v) is 3.73. The average Bonchev–Trinajstić information content (AvgIpc) is 2.09. The summed E-state index contributed by atoms with van der Waals surface area (Å²) in [6.07, 6.45) is 1.45. The van der Waals surface area contributed by atoms with Gasteiger partial charge in [0.1, 0.15) is 0 Å². The molecule has 0 saturated carbocycles. The minimum absolute atomic E-state index is 0.166. The van der Waals surface area contributed by atoms with E-state index < -0.39 is 0 Å². The Morgan fingerprint density at radius 3 is 2.73 bits per heavy atom. The van der Waals surface area contributed by atoms with E-state index in [1.807, 2.05) is 0 Å². The first-order valence-electron chi connectivity index (χ1n) is 3.84.